The number of pyridine rings is 1. The van der Waals surface area contributed by atoms with Gasteiger partial charge in [0.15, 0.2) is 0 Å². The van der Waals surface area contributed by atoms with Crippen molar-refractivity contribution in [1.82, 2.24) is 19.7 Å². The van der Waals surface area contributed by atoms with E-state index < -0.39 is 5.60 Å². The molecular weight excluding hydrogens is 288 g/mol. The van der Waals surface area contributed by atoms with E-state index in [1.165, 1.54) is 0 Å². The normalized spacial score (nSPS) is 11.7. The number of hydrogen-bond donors (Lipinski definition) is 2. The summed E-state index contributed by atoms with van der Waals surface area (Å²) < 4.78 is 2.19. The fourth-order valence-corrected chi connectivity index (χ4v) is 2.49. The van der Waals surface area contributed by atoms with Gasteiger partial charge in [-0.2, -0.15) is 5.10 Å². The Hall–Kier alpha value is -2.58. The molecule has 0 radical (unpaired) electrons. The maximum atomic E-state index is 9.76. The van der Waals surface area contributed by atoms with Gasteiger partial charge >= 0.3 is 0 Å². The van der Waals surface area contributed by atoms with Crippen LogP contribution in [-0.4, -0.2) is 30.5 Å². The first-order valence-electron chi connectivity index (χ1n) is 7.60. The van der Waals surface area contributed by atoms with Crippen LogP contribution in [0, 0.1) is 11.8 Å². The van der Waals surface area contributed by atoms with Gasteiger partial charge in [-0.1, -0.05) is 5.92 Å². The number of H-pyrrole nitrogens is 1. The predicted octanol–water partition coefficient (Wildman–Crippen LogP) is 3.13. The number of aromatic nitrogens is 4. The fourth-order valence-electron chi connectivity index (χ4n) is 2.49. The van der Waals surface area contributed by atoms with E-state index in [4.69, 9.17) is 0 Å². The maximum absolute atomic E-state index is 9.76. The van der Waals surface area contributed by atoms with Gasteiger partial charge in [0.25, 0.3) is 0 Å². The van der Waals surface area contributed by atoms with Crippen LogP contribution in [0.4, 0.5) is 0 Å². The molecule has 0 spiro atoms. The molecule has 0 atom stereocenters. The molecule has 2 N–H and O–H groups in total. The van der Waals surface area contributed by atoms with Crippen molar-refractivity contribution in [3.05, 3.63) is 36.5 Å². The van der Waals surface area contributed by atoms with Gasteiger partial charge in [-0.25, -0.2) is 4.98 Å². The minimum atomic E-state index is -1.03. The molecule has 0 aliphatic carbocycles. The van der Waals surface area contributed by atoms with Gasteiger partial charge in [-0.3, -0.25) is 5.10 Å². The molecule has 0 aromatic carbocycles. The third-order valence-corrected chi connectivity index (χ3v) is 3.58. The smallest absolute Gasteiger partial charge is 0.120 e. The molecule has 3 rings (SSSR count). The summed E-state index contributed by atoms with van der Waals surface area (Å²) >= 11 is 0. The summed E-state index contributed by atoms with van der Waals surface area (Å²) in [6.45, 7) is 7.59. The molecule has 23 heavy (non-hydrogen) atoms. The number of nitrogens with one attached hydrogen (secondary N) is 1. The van der Waals surface area contributed by atoms with Gasteiger partial charge < -0.3 is 9.67 Å². The highest BCUT2D eigenvalue weighted by atomic mass is 16.3. The van der Waals surface area contributed by atoms with E-state index in [9.17, 15) is 5.11 Å². The van der Waals surface area contributed by atoms with E-state index in [2.05, 4.69) is 51.6 Å². The van der Waals surface area contributed by atoms with E-state index in [1.807, 2.05) is 24.7 Å². The standard InChI is InChI=1S/C18H20N4O/c1-12(2)22-11-16(13-8-20-21-9-13)15-7-14(19-10-17(15)22)5-6-18(3,4)23/h7-12,23H,1-4H3,(H,20,21). The Labute approximate surface area is 135 Å². The SMILES string of the molecule is CC(C)n1cc(-c2cn[nH]c2)c2cc(C#CC(C)(C)O)ncc21. The molecule has 0 saturated heterocycles. The number of aromatic amines is 1. The van der Waals surface area contributed by atoms with Crippen molar-refractivity contribution in [2.45, 2.75) is 39.3 Å². The first kappa shape index (κ1) is 15.3. The Morgan fingerprint density at radius 1 is 1.30 bits per heavy atom. The van der Waals surface area contributed by atoms with Gasteiger partial charge in [0, 0.05) is 34.9 Å². The topological polar surface area (TPSA) is 66.7 Å². The molecule has 118 valence electrons. The molecular formula is C18H20N4O. The highest BCUT2D eigenvalue weighted by molar-refractivity contribution is 5.96. The molecule has 3 aromatic heterocycles. The van der Waals surface area contributed by atoms with Crippen LogP contribution in [0.2, 0.25) is 0 Å². The van der Waals surface area contributed by atoms with Gasteiger partial charge in [-0.15, -0.1) is 0 Å². The molecule has 0 amide bonds. The monoisotopic (exact) mass is 308 g/mol. The minimum absolute atomic E-state index is 0.327. The van der Waals surface area contributed by atoms with Gasteiger partial charge in [-0.05, 0) is 39.7 Å². The Kier molecular flexibility index (Phi) is 3.70. The molecule has 0 aliphatic rings. The Balaban J connectivity index is 2.20. The average Bonchev–Trinajstić information content (AvgIpc) is 3.10. The lowest BCUT2D eigenvalue weighted by Gasteiger charge is -2.08. The van der Waals surface area contributed by atoms with Crippen LogP contribution in [-0.2, 0) is 0 Å². The van der Waals surface area contributed by atoms with Crippen LogP contribution < -0.4 is 0 Å². The number of hydrogen-bond acceptors (Lipinski definition) is 3. The molecule has 0 unspecified atom stereocenters. The summed E-state index contributed by atoms with van der Waals surface area (Å²) in [6.07, 6.45) is 7.65. The van der Waals surface area contributed by atoms with E-state index in [0.717, 1.165) is 22.0 Å². The summed E-state index contributed by atoms with van der Waals surface area (Å²) in [5.41, 5.74) is 2.79. The zero-order valence-corrected chi connectivity index (χ0v) is 13.8. The average molecular weight is 308 g/mol. The van der Waals surface area contributed by atoms with Gasteiger partial charge in [0.1, 0.15) is 11.3 Å². The molecule has 0 aliphatic heterocycles. The molecule has 0 saturated carbocycles. The maximum Gasteiger partial charge on any atom is 0.120 e. The summed E-state index contributed by atoms with van der Waals surface area (Å²) in [5.74, 6) is 5.75. The van der Waals surface area contributed by atoms with E-state index >= 15 is 0 Å². The predicted molar refractivity (Wildman–Crippen MR) is 90.9 cm³/mol. The van der Waals surface area contributed by atoms with Crippen molar-refractivity contribution in [2.24, 2.45) is 0 Å². The van der Waals surface area contributed by atoms with Crippen LogP contribution in [0.5, 0.6) is 0 Å². The lowest BCUT2D eigenvalue weighted by molar-refractivity contribution is 0.143. The Bertz CT molecular complexity index is 887. The van der Waals surface area contributed by atoms with Gasteiger partial charge in [0.2, 0.25) is 0 Å². The Morgan fingerprint density at radius 2 is 2.09 bits per heavy atom. The van der Waals surface area contributed by atoms with Crippen LogP contribution in [0.25, 0.3) is 22.0 Å². The quantitative estimate of drug-likeness (QED) is 0.715. The van der Waals surface area contributed by atoms with Crippen molar-refractivity contribution < 1.29 is 5.11 Å². The minimum Gasteiger partial charge on any atom is -0.378 e. The first-order valence-corrected chi connectivity index (χ1v) is 7.60. The summed E-state index contributed by atoms with van der Waals surface area (Å²) in [4.78, 5) is 4.42. The van der Waals surface area contributed by atoms with Crippen molar-refractivity contribution in [3.8, 4) is 23.0 Å². The summed E-state index contributed by atoms with van der Waals surface area (Å²) in [7, 11) is 0. The number of nitrogens with zero attached hydrogens (tertiary/aromatic N) is 3. The van der Waals surface area contributed by atoms with E-state index in [-0.39, 0.29) is 0 Å². The van der Waals surface area contributed by atoms with Crippen molar-refractivity contribution in [3.63, 3.8) is 0 Å². The highest BCUT2D eigenvalue weighted by Crippen LogP contribution is 2.32. The number of rotatable bonds is 2. The second-order valence-corrected chi connectivity index (χ2v) is 6.43. The number of aliphatic hydroxyl groups is 1. The van der Waals surface area contributed by atoms with Crippen LogP contribution >= 0.6 is 0 Å². The zero-order chi connectivity index (χ0) is 16.6. The van der Waals surface area contributed by atoms with E-state index in [1.54, 1.807) is 13.8 Å². The van der Waals surface area contributed by atoms with E-state index in [0.29, 0.717) is 11.7 Å². The molecule has 3 aromatic rings. The second-order valence-electron chi connectivity index (χ2n) is 6.43. The highest BCUT2D eigenvalue weighted by Gasteiger charge is 2.14. The van der Waals surface area contributed by atoms with Gasteiger partial charge in [0.05, 0.1) is 17.9 Å². The third kappa shape index (κ3) is 3.13. The third-order valence-electron chi connectivity index (χ3n) is 3.58. The van der Waals surface area contributed by atoms with Crippen LogP contribution in [0.3, 0.4) is 0 Å². The van der Waals surface area contributed by atoms with Crippen molar-refractivity contribution in [1.29, 1.82) is 0 Å². The second kappa shape index (κ2) is 5.56. The summed E-state index contributed by atoms with van der Waals surface area (Å²) in [5, 5.41) is 17.7. The number of fused-ring (bicyclic) bond motifs is 1. The van der Waals surface area contributed by atoms with Crippen LogP contribution in [0.15, 0.2) is 30.9 Å². The molecule has 5 heteroatoms. The largest absolute Gasteiger partial charge is 0.378 e. The first-order chi connectivity index (χ1) is 10.8. The Morgan fingerprint density at radius 3 is 2.70 bits per heavy atom. The van der Waals surface area contributed by atoms with Crippen LogP contribution in [0.1, 0.15) is 39.4 Å². The molecule has 0 fully saturated rings. The summed E-state index contributed by atoms with van der Waals surface area (Å²) in [6, 6.07) is 2.29. The molecule has 5 nitrogen and oxygen atoms in total. The fraction of sp³-hybridized carbons (Fsp3) is 0.333. The van der Waals surface area contributed by atoms with Crippen molar-refractivity contribution >= 4 is 10.9 Å². The molecule has 0 bridgehead atoms. The van der Waals surface area contributed by atoms with Crippen molar-refractivity contribution in [2.75, 3.05) is 0 Å². The molecule has 3 heterocycles. The lowest BCUT2D eigenvalue weighted by atomic mass is 10.1. The zero-order valence-electron chi connectivity index (χ0n) is 13.8. The lowest BCUT2D eigenvalue weighted by Crippen LogP contribution is -2.14.